The molecule has 2 nitrogen and oxygen atoms in total. The molecular weight excluding hydrogens is 197 g/mol. The number of pyridine rings is 1. The summed E-state index contributed by atoms with van der Waals surface area (Å²) >= 11 is 11.4. The van der Waals surface area contributed by atoms with E-state index in [0.29, 0.717) is 23.4 Å². The molecule has 0 atom stereocenters. The van der Waals surface area contributed by atoms with Crippen molar-refractivity contribution < 1.29 is 4.74 Å². The Morgan fingerprint density at radius 3 is 2.92 bits per heavy atom. The van der Waals surface area contributed by atoms with Gasteiger partial charge in [0.15, 0.2) is 10.9 Å². The van der Waals surface area contributed by atoms with Crippen LogP contribution in [0.15, 0.2) is 12.3 Å². The Kier molecular flexibility index (Phi) is 3.63. The Hall–Kier alpha value is -0.470. The van der Waals surface area contributed by atoms with Gasteiger partial charge in [0.05, 0.1) is 6.61 Å². The Labute approximate surface area is 81.5 Å². The smallest absolute Gasteiger partial charge is 0.171 e. The second-order valence-electron chi connectivity index (χ2n) is 2.20. The van der Waals surface area contributed by atoms with Gasteiger partial charge in [-0.25, -0.2) is 4.98 Å². The number of hydrogen-bond donors (Lipinski definition) is 0. The molecule has 66 valence electrons. The molecule has 12 heavy (non-hydrogen) atoms. The van der Waals surface area contributed by atoms with Gasteiger partial charge in [0.25, 0.3) is 0 Å². The van der Waals surface area contributed by atoms with Crippen LogP contribution in [-0.2, 0) is 5.88 Å². The van der Waals surface area contributed by atoms with Crippen LogP contribution in [-0.4, -0.2) is 11.6 Å². The molecule has 0 N–H and O–H groups in total. The Bertz CT molecular complexity index is 265. The molecule has 1 heterocycles. The van der Waals surface area contributed by atoms with Crippen LogP contribution < -0.4 is 4.74 Å². The molecule has 1 aromatic heterocycles. The van der Waals surface area contributed by atoms with E-state index in [-0.39, 0.29) is 0 Å². The SMILES string of the molecule is CCOc1cc(CCl)cnc1Cl. The Morgan fingerprint density at radius 2 is 2.33 bits per heavy atom. The number of alkyl halides is 1. The average molecular weight is 206 g/mol. The summed E-state index contributed by atoms with van der Waals surface area (Å²) in [6, 6.07) is 1.80. The zero-order chi connectivity index (χ0) is 8.97. The van der Waals surface area contributed by atoms with Crippen molar-refractivity contribution in [3.8, 4) is 5.75 Å². The summed E-state index contributed by atoms with van der Waals surface area (Å²) < 4.78 is 5.23. The fourth-order valence-corrected chi connectivity index (χ4v) is 1.10. The van der Waals surface area contributed by atoms with Crippen LogP contribution in [0.25, 0.3) is 0 Å². The standard InChI is InChI=1S/C8H9Cl2NO/c1-2-12-7-3-6(4-9)5-11-8(7)10/h3,5H,2,4H2,1H3. The quantitative estimate of drug-likeness (QED) is 0.560. The van der Waals surface area contributed by atoms with Gasteiger partial charge in [-0.3, -0.25) is 0 Å². The van der Waals surface area contributed by atoms with E-state index in [9.17, 15) is 0 Å². The van der Waals surface area contributed by atoms with E-state index in [1.165, 1.54) is 0 Å². The van der Waals surface area contributed by atoms with Gasteiger partial charge < -0.3 is 4.74 Å². The van der Waals surface area contributed by atoms with Crippen LogP contribution in [0.4, 0.5) is 0 Å². The van der Waals surface area contributed by atoms with Crippen molar-refractivity contribution in [1.29, 1.82) is 0 Å². The third-order valence-corrected chi connectivity index (χ3v) is 1.91. The van der Waals surface area contributed by atoms with Crippen LogP contribution in [0.3, 0.4) is 0 Å². The van der Waals surface area contributed by atoms with E-state index in [2.05, 4.69) is 4.98 Å². The molecule has 0 unspecified atom stereocenters. The van der Waals surface area contributed by atoms with Crippen molar-refractivity contribution in [3.05, 3.63) is 23.0 Å². The lowest BCUT2D eigenvalue weighted by Gasteiger charge is -2.05. The molecule has 0 amide bonds. The molecule has 4 heteroatoms. The average Bonchev–Trinajstić information content (AvgIpc) is 2.09. The molecule has 0 aliphatic rings. The van der Waals surface area contributed by atoms with E-state index in [0.717, 1.165) is 5.56 Å². The topological polar surface area (TPSA) is 22.1 Å². The monoisotopic (exact) mass is 205 g/mol. The molecule has 0 aliphatic carbocycles. The van der Waals surface area contributed by atoms with Crippen molar-refractivity contribution >= 4 is 23.2 Å². The van der Waals surface area contributed by atoms with Gasteiger partial charge in [-0.2, -0.15) is 0 Å². The van der Waals surface area contributed by atoms with Crippen molar-refractivity contribution in [2.75, 3.05) is 6.61 Å². The largest absolute Gasteiger partial charge is 0.491 e. The summed E-state index contributed by atoms with van der Waals surface area (Å²) in [6.07, 6.45) is 1.64. The first kappa shape index (κ1) is 9.62. The summed E-state index contributed by atoms with van der Waals surface area (Å²) in [6.45, 7) is 2.47. The molecule has 0 saturated carbocycles. The van der Waals surface area contributed by atoms with Crippen molar-refractivity contribution in [1.82, 2.24) is 4.98 Å². The van der Waals surface area contributed by atoms with E-state index in [1.54, 1.807) is 12.3 Å². The molecular formula is C8H9Cl2NO. The highest BCUT2D eigenvalue weighted by atomic mass is 35.5. The minimum absolute atomic E-state index is 0.380. The molecule has 0 aliphatic heterocycles. The van der Waals surface area contributed by atoms with E-state index in [4.69, 9.17) is 27.9 Å². The lowest BCUT2D eigenvalue weighted by Crippen LogP contribution is -1.94. The van der Waals surface area contributed by atoms with E-state index in [1.807, 2.05) is 6.92 Å². The summed E-state index contributed by atoms with van der Waals surface area (Å²) in [4.78, 5) is 3.92. The number of halogens is 2. The first-order chi connectivity index (χ1) is 5.77. The fraction of sp³-hybridized carbons (Fsp3) is 0.375. The molecule has 0 fully saturated rings. The third kappa shape index (κ3) is 2.26. The Balaban J connectivity index is 2.91. The van der Waals surface area contributed by atoms with E-state index >= 15 is 0 Å². The second kappa shape index (κ2) is 4.53. The maximum Gasteiger partial charge on any atom is 0.171 e. The highest BCUT2D eigenvalue weighted by Crippen LogP contribution is 2.23. The summed E-state index contributed by atoms with van der Waals surface area (Å²) in [5.74, 6) is 1.02. The Morgan fingerprint density at radius 1 is 1.58 bits per heavy atom. The van der Waals surface area contributed by atoms with Crippen molar-refractivity contribution in [3.63, 3.8) is 0 Å². The minimum atomic E-state index is 0.380. The molecule has 1 rings (SSSR count). The lowest BCUT2D eigenvalue weighted by molar-refractivity contribution is 0.339. The highest BCUT2D eigenvalue weighted by molar-refractivity contribution is 6.30. The molecule has 0 bridgehead atoms. The highest BCUT2D eigenvalue weighted by Gasteiger charge is 2.02. The lowest BCUT2D eigenvalue weighted by atomic mass is 10.3. The first-order valence-electron chi connectivity index (χ1n) is 3.61. The molecule has 0 radical (unpaired) electrons. The van der Waals surface area contributed by atoms with Gasteiger partial charge in [0, 0.05) is 12.1 Å². The van der Waals surface area contributed by atoms with Gasteiger partial charge >= 0.3 is 0 Å². The second-order valence-corrected chi connectivity index (χ2v) is 2.82. The molecule has 0 aromatic carbocycles. The predicted octanol–water partition coefficient (Wildman–Crippen LogP) is 2.87. The van der Waals surface area contributed by atoms with Gasteiger partial charge in [-0.05, 0) is 18.6 Å². The zero-order valence-electron chi connectivity index (χ0n) is 6.68. The van der Waals surface area contributed by atoms with Gasteiger partial charge in [0.2, 0.25) is 0 Å². The summed E-state index contributed by atoms with van der Waals surface area (Å²) in [7, 11) is 0. The molecule has 0 spiro atoms. The van der Waals surface area contributed by atoms with Crippen LogP contribution in [0.5, 0.6) is 5.75 Å². The van der Waals surface area contributed by atoms with Gasteiger partial charge in [0.1, 0.15) is 0 Å². The number of rotatable bonds is 3. The van der Waals surface area contributed by atoms with Gasteiger partial charge in [-0.1, -0.05) is 11.6 Å². The number of aromatic nitrogens is 1. The first-order valence-corrected chi connectivity index (χ1v) is 4.52. The maximum atomic E-state index is 5.75. The van der Waals surface area contributed by atoms with Crippen molar-refractivity contribution in [2.45, 2.75) is 12.8 Å². The number of ether oxygens (including phenoxy) is 1. The molecule has 0 saturated heterocycles. The van der Waals surface area contributed by atoms with Crippen molar-refractivity contribution in [2.24, 2.45) is 0 Å². The minimum Gasteiger partial charge on any atom is -0.491 e. The normalized spacial score (nSPS) is 9.92. The predicted molar refractivity (Wildman–Crippen MR) is 50.0 cm³/mol. The van der Waals surface area contributed by atoms with Crippen LogP contribution in [0, 0.1) is 0 Å². The summed E-state index contributed by atoms with van der Waals surface area (Å²) in [5, 5.41) is 0.380. The van der Waals surface area contributed by atoms with E-state index < -0.39 is 0 Å². The zero-order valence-corrected chi connectivity index (χ0v) is 8.19. The van der Waals surface area contributed by atoms with Gasteiger partial charge in [-0.15, -0.1) is 11.6 Å². The summed E-state index contributed by atoms with van der Waals surface area (Å²) in [5.41, 5.74) is 0.907. The fourth-order valence-electron chi connectivity index (χ4n) is 0.798. The van der Waals surface area contributed by atoms with Crippen LogP contribution in [0.1, 0.15) is 12.5 Å². The maximum absolute atomic E-state index is 5.75. The molecule has 1 aromatic rings. The number of hydrogen-bond acceptors (Lipinski definition) is 2. The number of nitrogens with zero attached hydrogens (tertiary/aromatic N) is 1. The van der Waals surface area contributed by atoms with Crippen LogP contribution in [0.2, 0.25) is 5.15 Å². The van der Waals surface area contributed by atoms with Crippen LogP contribution >= 0.6 is 23.2 Å². The third-order valence-electron chi connectivity index (χ3n) is 1.32.